The van der Waals surface area contributed by atoms with E-state index < -0.39 is 39.7 Å². The van der Waals surface area contributed by atoms with Crippen LogP contribution in [0.2, 0.25) is 0 Å². The van der Waals surface area contributed by atoms with E-state index in [2.05, 4.69) is 5.32 Å². The molecule has 2 heterocycles. The number of carboxylic acids is 1. The van der Waals surface area contributed by atoms with E-state index in [-0.39, 0.29) is 23.8 Å². The molecule has 0 bridgehead atoms. The maximum absolute atomic E-state index is 15.6. The summed E-state index contributed by atoms with van der Waals surface area (Å²) in [4.78, 5) is 25.6. The van der Waals surface area contributed by atoms with E-state index in [1.807, 2.05) is 6.92 Å². The lowest BCUT2D eigenvalue weighted by Crippen LogP contribution is -2.39. The molecule has 1 saturated heterocycles. The molecule has 28 heavy (non-hydrogen) atoms. The number of likely N-dealkylation sites (N-methyl/N-ethyl adjacent to an activating group) is 1. The number of nitrogens with zero attached hydrogens (tertiary/aromatic N) is 2. The van der Waals surface area contributed by atoms with Gasteiger partial charge in [0.2, 0.25) is 5.43 Å². The van der Waals surface area contributed by atoms with Gasteiger partial charge in [0.05, 0.1) is 16.6 Å². The highest BCUT2D eigenvalue weighted by atomic mass is 19.1. The first-order valence-electron chi connectivity index (χ1n) is 9.37. The third kappa shape index (κ3) is 3.09. The summed E-state index contributed by atoms with van der Waals surface area (Å²) in [6, 6.07) is -0.0964. The fourth-order valence-electron chi connectivity index (χ4n) is 3.90. The van der Waals surface area contributed by atoms with Crippen LogP contribution in [0.4, 0.5) is 20.2 Å². The Morgan fingerprint density at radius 3 is 2.68 bits per heavy atom. The minimum atomic E-state index is -1.47. The van der Waals surface area contributed by atoms with Crippen LogP contribution in [0.3, 0.4) is 0 Å². The van der Waals surface area contributed by atoms with Crippen molar-refractivity contribution in [3.05, 3.63) is 33.6 Å². The second-order valence-corrected chi connectivity index (χ2v) is 6.87. The van der Waals surface area contributed by atoms with Crippen molar-refractivity contribution in [1.82, 2.24) is 9.88 Å². The van der Waals surface area contributed by atoms with Gasteiger partial charge in [-0.1, -0.05) is 6.92 Å². The molecular weight excluding hydrogens is 370 g/mol. The van der Waals surface area contributed by atoms with Crippen molar-refractivity contribution in [2.75, 3.05) is 30.3 Å². The molecule has 0 aliphatic carbocycles. The summed E-state index contributed by atoms with van der Waals surface area (Å²) in [5, 5.41) is 12.0. The van der Waals surface area contributed by atoms with Gasteiger partial charge in [0, 0.05) is 31.9 Å². The van der Waals surface area contributed by atoms with E-state index in [4.69, 9.17) is 5.73 Å². The molecule has 0 radical (unpaired) electrons. The number of nitrogens with two attached hydrogens (primary N) is 1. The molecule has 1 atom stereocenters. The number of rotatable bonds is 6. The number of carboxylic acid groups (broad SMARTS) is 1. The van der Waals surface area contributed by atoms with Crippen LogP contribution in [0.5, 0.6) is 0 Å². The number of hydrogen-bond acceptors (Lipinski definition) is 5. The number of aryl methyl sites for hydroxylation is 1. The van der Waals surface area contributed by atoms with Crippen molar-refractivity contribution in [2.45, 2.75) is 39.3 Å². The zero-order valence-electron chi connectivity index (χ0n) is 15.9. The molecule has 1 fully saturated rings. The maximum atomic E-state index is 15.6. The Morgan fingerprint density at radius 2 is 2.07 bits per heavy atom. The zero-order valence-corrected chi connectivity index (χ0v) is 15.9. The van der Waals surface area contributed by atoms with Crippen LogP contribution in [-0.4, -0.2) is 41.3 Å². The predicted molar refractivity (Wildman–Crippen MR) is 104 cm³/mol. The smallest absolute Gasteiger partial charge is 0.341 e. The van der Waals surface area contributed by atoms with E-state index in [1.54, 1.807) is 11.8 Å². The zero-order chi connectivity index (χ0) is 20.6. The van der Waals surface area contributed by atoms with E-state index >= 15 is 8.78 Å². The number of nitrogens with one attached hydrogen (secondary N) is 1. The van der Waals surface area contributed by atoms with Crippen LogP contribution < -0.4 is 21.4 Å². The molecule has 2 aromatic rings. The largest absolute Gasteiger partial charge is 0.477 e. The average molecular weight is 394 g/mol. The van der Waals surface area contributed by atoms with E-state index in [0.717, 1.165) is 25.6 Å². The Labute approximate surface area is 160 Å². The van der Waals surface area contributed by atoms with Crippen LogP contribution in [0.15, 0.2) is 11.0 Å². The van der Waals surface area contributed by atoms with Gasteiger partial charge >= 0.3 is 5.97 Å². The molecular formula is C19H24F2N4O3. The molecule has 1 aliphatic heterocycles. The van der Waals surface area contributed by atoms with Gasteiger partial charge in [-0.05, 0) is 26.3 Å². The standard InChI is InChI=1S/C19H24F2N4O3/c1-3-23-8-10-6-5-7-25(10)17-13(20)15(22)12-16(14(17)21)24(4-2)9-11(18(12)26)19(27)28/h9-10,23H,3-8,22H2,1-2H3,(H,27,28). The van der Waals surface area contributed by atoms with Crippen LogP contribution in [0, 0.1) is 11.6 Å². The normalized spacial score (nSPS) is 16.9. The molecule has 1 unspecified atom stereocenters. The number of hydrogen-bond donors (Lipinski definition) is 3. The lowest BCUT2D eigenvalue weighted by atomic mass is 10.1. The van der Waals surface area contributed by atoms with Crippen molar-refractivity contribution in [2.24, 2.45) is 0 Å². The summed E-state index contributed by atoms with van der Waals surface area (Å²) in [7, 11) is 0. The summed E-state index contributed by atoms with van der Waals surface area (Å²) in [5.74, 6) is -3.37. The molecule has 0 amide bonds. The van der Waals surface area contributed by atoms with Crippen molar-refractivity contribution in [3.63, 3.8) is 0 Å². The molecule has 152 valence electrons. The highest BCUT2D eigenvalue weighted by molar-refractivity contribution is 5.99. The number of benzene rings is 1. The molecule has 3 rings (SSSR count). The van der Waals surface area contributed by atoms with Gasteiger partial charge in [0.25, 0.3) is 0 Å². The number of halogens is 2. The fourth-order valence-corrected chi connectivity index (χ4v) is 3.90. The number of aromatic nitrogens is 1. The molecule has 0 saturated carbocycles. The van der Waals surface area contributed by atoms with Gasteiger partial charge in [-0.25, -0.2) is 13.6 Å². The minimum absolute atomic E-state index is 0.0964. The molecule has 7 nitrogen and oxygen atoms in total. The second-order valence-electron chi connectivity index (χ2n) is 6.87. The lowest BCUT2D eigenvalue weighted by molar-refractivity contribution is 0.0695. The Hall–Kier alpha value is -2.68. The third-order valence-corrected chi connectivity index (χ3v) is 5.28. The van der Waals surface area contributed by atoms with E-state index in [9.17, 15) is 14.7 Å². The van der Waals surface area contributed by atoms with Gasteiger partial charge in [-0.3, -0.25) is 4.79 Å². The lowest BCUT2D eigenvalue weighted by Gasteiger charge is -2.29. The number of anilines is 2. The minimum Gasteiger partial charge on any atom is -0.477 e. The molecule has 9 heteroatoms. The topological polar surface area (TPSA) is 101 Å². The molecule has 0 spiro atoms. The number of nitrogen functional groups attached to an aromatic ring is 1. The Kier molecular flexibility index (Phi) is 5.55. The third-order valence-electron chi connectivity index (χ3n) is 5.28. The Morgan fingerprint density at radius 1 is 1.36 bits per heavy atom. The average Bonchev–Trinajstić information content (AvgIpc) is 3.12. The number of fused-ring (bicyclic) bond motifs is 1. The van der Waals surface area contributed by atoms with Gasteiger partial charge in [-0.15, -0.1) is 0 Å². The quantitative estimate of drug-likeness (QED) is 0.649. The molecule has 1 aliphatic rings. The van der Waals surface area contributed by atoms with Crippen LogP contribution in [-0.2, 0) is 6.54 Å². The summed E-state index contributed by atoms with van der Waals surface area (Å²) in [5.41, 5.74) is 3.41. The van der Waals surface area contributed by atoms with Gasteiger partial charge in [0.1, 0.15) is 11.3 Å². The predicted octanol–water partition coefficient (Wildman–Crippen LogP) is 2.16. The van der Waals surface area contributed by atoms with Crippen LogP contribution in [0.1, 0.15) is 37.0 Å². The van der Waals surface area contributed by atoms with Crippen molar-refractivity contribution in [3.8, 4) is 0 Å². The fraction of sp³-hybridized carbons (Fsp3) is 0.474. The highest BCUT2D eigenvalue weighted by Gasteiger charge is 2.33. The second kappa shape index (κ2) is 7.75. The number of carbonyl (C=O) groups is 1. The van der Waals surface area contributed by atoms with Gasteiger partial charge in [-0.2, -0.15) is 0 Å². The first kappa shape index (κ1) is 20.1. The molecule has 1 aromatic heterocycles. The van der Waals surface area contributed by atoms with Crippen molar-refractivity contribution < 1.29 is 18.7 Å². The first-order chi connectivity index (χ1) is 13.3. The highest BCUT2D eigenvalue weighted by Crippen LogP contribution is 2.38. The maximum Gasteiger partial charge on any atom is 0.341 e. The van der Waals surface area contributed by atoms with Crippen molar-refractivity contribution in [1.29, 1.82) is 0 Å². The summed E-state index contributed by atoms with van der Waals surface area (Å²) in [6.45, 7) is 5.61. The number of aromatic carboxylic acids is 1. The monoisotopic (exact) mass is 394 g/mol. The Balaban J connectivity index is 2.31. The Bertz CT molecular complexity index is 990. The molecule has 4 N–H and O–H groups in total. The number of pyridine rings is 1. The van der Waals surface area contributed by atoms with Gasteiger partial charge < -0.3 is 25.6 Å². The SMILES string of the molecule is CCNCC1CCCN1c1c(F)c(N)c2c(=O)c(C(=O)O)cn(CC)c2c1F. The van der Waals surface area contributed by atoms with E-state index in [0.29, 0.717) is 13.1 Å². The van der Waals surface area contributed by atoms with Crippen LogP contribution >= 0.6 is 0 Å². The van der Waals surface area contributed by atoms with Crippen LogP contribution in [0.25, 0.3) is 10.9 Å². The molecule has 1 aromatic carbocycles. The van der Waals surface area contributed by atoms with Crippen molar-refractivity contribution >= 4 is 28.2 Å². The van der Waals surface area contributed by atoms with Gasteiger partial charge in [0.15, 0.2) is 11.6 Å². The summed E-state index contributed by atoms with van der Waals surface area (Å²) < 4.78 is 32.0. The first-order valence-corrected chi connectivity index (χ1v) is 9.37. The summed E-state index contributed by atoms with van der Waals surface area (Å²) in [6.07, 6.45) is 2.64. The van der Waals surface area contributed by atoms with E-state index in [1.165, 1.54) is 4.57 Å². The summed E-state index contributed by atoms with van der Waals surface area (Å²) >= 11 is 0.